The van der Waals surface area contributed by atoms with E-state index in [1.807, 2.05) is 19.3 Å². The first kappa shape index (κ1) is 6.73. The highest BCUT2D eigenvalue weighted by Gasteiger charge is 2.19. The standard InChI is InChI=1S/C7H8ClN3/c1-11-4-6-5(2-3-9-6)7(8)10-11/h2,4,9H,3H2,1H3. The number of hydrogen-bond donors (Lipinski definition) is 1. The molecule has 0 saturated heterocycles. The highest BCUT2D eigenvalue weighted by atomic mass is 35.5. The monoisotopic (exact) mass is 169 g/mol. The van der Waals surface area contributed by atoms with E-state index in [1.54, 1.807) is 5.01 Å². The van der Waals surface area contributed by atoms with E-state index in [9.17, 15) is 0 Å². The molecule has 0 unspecified atom stereocenters. The minimum absolute atomic E-state index is 0.565. The summed E-state index contributed by atoms with van der Waals surface area (Å²) < 4.78 is 0. The Morgan fingerprint density at radius 3 is 3.36 bits per heavy atom. The summed E-state index contributed by atoms with van der Waals surface area (Å²) in [5, 5.41) is 9.50. The molecule has 0 fully saturated rings. The normalized spacial score (nSPS) is 21.6. The van der Waals surface area contributed by atoms with E-state index < -0.39 is 0 Å². The first-order valence-electron chi connectivity index (χ1n) is 3.41. The molecule has 0 spiro atoms. The Kier molecular flexibility index (Phi) is 1.39. The van der Waals surface area contributed by atoms with Gasteiger partial charge in [-0.2, -0.15) is 5.10 Å². The van der Waals surface area contributed by atoms with Crippen molar-refractivity contribution in [1.82, 2.24) is 10.3 Å². The molecule has 58 valence electrons. The van der Waals surface area contributed by atoms with Crippen molar-refractivity contribution < 1.29 is 0 Å². The van der Waals surface area contributed by atoms with Crippen LogP contribution in [0.5, 0.6) is 0 Å². The van der Waals surface area contributed by atoms with Crippen molar-refractivity contribution in [3.63, 3.8) is 0 Å². The Balaban J connectivity index is 2.40. The molecule has 0 aromatic rings. The van der Waals surface area contributed by atoms with Gasteiger partial charge in [-0.3, -0.25) is 5.01 Å². The number of halogens is 1. The van der Waals surface area contributed by atoms with Gasteiger partial charge in [0.15, 0.2) is 5.17 Å². The zero-order chi connectivity index (χ0) is 7.84. The summed E-state index contributed by atoms with van der Waals surface area (Å²) in [7, 11) is 1.85. The van der Waals surface area contributed by atoms with Crippen LogP contribution in [0.3, 0.4) is 0 Å². The van der Waals surface area contributed by atoms with Gasteiger partial charge >= 0.3 is 0 Å². The Bertz CT molecular complexity index is 277. The van der Waals surface area contributed by atoms with Gasteiger partial charge in [-0.1, -0.05) is 17.7 Å². The number of allylic oxidation sites excluding steroid dienone is 1. The van der Waals surface area contributed by atoms with Gasteiger partial charge in [-0.25, -0.2) is 0 Å². The molecule has 0 bridgehead atoms. The number of nitrogens with zero attached hydrogens (tertiary/aromatic N) is 2. The van der Waals surface area contributed by atoms with Crippen LogP contribution in [-0.4, -0.2) is 23.8 Å². The second-order valence-electron chi connectivity index (χ2n) is 2.51. The van der Waals surface area contributed by atoms with Gasteiger partial charge < -0.3 is 5.32 Å². The predicted octanol–water partition coefficient (Wildman–Crippen LogP) is 0.855. The van der Waals surface area contributed by atoms with Crippen molar-refractivity contribution in [3.05, 3.63) is 23.5 Å². The maximum atomic E-state index is 5.87. The van der Waals surface area contributed by atoms with Gasteiger partial charge in [0.05, 0.1) is 5.70 Å². The summed E-state index contributed by atoms with van der Waals surface area (Å²) >= 11 is 5.87. The molecule has 4 heteroatoms. The van der Waals surface area contributed by atoms with Crippen molar-refractivity contribution in [1.29, 1.82) is 0 Å². The first-order valence-corrected chi connectivity index (χ1v) is 3.79. The summed E-state index contributed by atoms with van der Waals surface area (Å²) in [6.45, 7) is 0.848. The molecule has 11 heavy (non-hydrogen) atoms. The van der Waals surface area contributed by atoms with Crippen LogP contribution >= 0.6 is 11.6 Å². The fourth-order valence-electron chi connectivity index (χ4n) is 1.19. The van der Waals surface area contributed by atoms with Gasteiger partial charge in [0, 0.05) is 25.4 Å². The van der Waals surface area contributed by atoms with E-state index in [4.69, 9.17) is 11.6 Å². The lowest BCUT2D eigenvalue weighted by molar-refractivity contribution is 0.481. The molecular weight excluding hydrogens is 162 g/mol. The van der Waals surface area contributed by atoms with Crippen molar-refractivity contribution >= 4 is 16.8 Å². The Morgan fingerprint density at radius 1 is 1.73 bits per heavy atom. The zero-order valence-corrected chi connectivity index (χ0v) is 6.89. The van der Waals surface area contributed by atoms with Crippen LogP contribution in [0, 0.1) is 0 Å². The lowest BCUT2D eigenvalue weighted by atomic mass is 10.2. The molecule has 2 heterocycles. The Morgan fingerprint density at radius 2 is 2.55 bits per heavy atom. The van der Waals surface area contributed by atoms with Gasteiger partial charge in [0.1, 0.15) is 0 Å². The van der Waals surface area contributed by atoms with Crippen LogP contribution in [-0.2, 0) is 0 Å². The average Bonchev–Trinajstić information content (AvgIpc) is 2.34. The third kappa shape index (κ3) is 1.01. The molecule has 0 aromatic carbocycles. The third-order valence-corrected chi connectivity index (χ3v) is 1.95. The smallest absolute Gasteiger partial charge is 0.158 e. The minimum atomic E-state index is 0.565. The number of rotatable bonds is 0. The Labute approximate surface area is 70.0 Å². The van der Waals surface area contributed by atoms with E-state index in [2.05, 4.69) is 10.4 Å². The lowest BCUT2D eigenvalue weighted by Crippen LogP contribution is -2.18. The maximum absolute atomic E-state index is 5.87. The van der Waals surface area contributed by atoms with E-state index in [0.717, 1.165) is 17.8 Å². The molecule has 3 nitrogen and oxygen atoms in total. The predicted molar refractivity (Wildman–Crippen MR) is 45.2 cm³/mol. The molecule has 2 aliphatic heterocycles. The zero-order valence-electron chi connectivity index (χ0n) is 6.13. The third-order valence-electron chi connectivity index (χ3n) is 1.67. The molecule has 0 aromatic heterocycles. The van der Waals surface area contributed by atoms with Crippen LogP contribution in [0.4, 0.5) is 0 Å². The molecule has 0 amide bonds. The largest absolute Gasteiger partial charge is 0.380 e. The van der Waals surface area contributed by atoms with Crippen LogP contribution in [0.15, 0.2) is 28.6 Å². The summed E-state index contributed by atoms with van der Waals surface area (Å²) in [5.74, 6) is 0. The summed E-state index contributed by atoms with van der Waals surface area (Å²) in [6.07, 6.45) is 3.95. The molecule has 2 rings (SSSR count). The van der Waals surface area contributed by atoms with Crippen LogP contribution in [0.1, 0.15) is 0 Å². The quantitative estimate of drug-likeness (QED) is 0.583. The molecule has 0 saturated carbocycles. The van der Waals surface area contributed by atoms with E-state index >= 15 is 0 Å². The highest BCUT2D eigenvalue weighted by molar-refractivity contribution is 6.70. The number of fused-ring (bicyclic) bond motifs is 1. The van der Waals surface area contributed by atoms with Crippen molar-refractivity contribution in [2.24, 2.45) is 5.10 Å². The second kappa shape index (κ2) is 2.27. The number of hydrogen-bond acceptors (Lipinski definition) is 3. The molecule has 2 aliphatic rings. The molecule has 0 radical (unpaired) electrons. The Hall–Kier alpha value is -0.960. The minimum Gasteiger partial charge on any atom is -0.380 e. The SMILES string of the molecule is CN1C=C2NCC=C2C(Cl)=N1. The first-order chi connectivity index (χ1) is 5.27. The fourth-order valence-corrected chi connectivity index (χ4v) is 1.49. The van der Waals surface area contributed by atoms with Crippen LogP contribution in [0.25, 0.3) is 0 Å². The summed E-state index contributed by atoms with van der Waals surface area (Å²) in [5.41, 5.74) is 2.08. The van der Waals surface area contributed by atoms with Gasteiger partial charge in [-0.15, -0.1) is 0 Å². The van der Waals surface area contributed by atoms with Crippen molar-refractivity contribution in [2.75, 3.05) is 13.6 Å². The van der Waals surface area contributed by atoms with E-state index in [-0.39, 0.29) is 0 Å². The molecular formula is C7H8ClN3. The van der Waals surface area contributed by atoms with Gasteiger partial charge in [0.25, 0.3) is 0 Å². The number of nitrogens with one attached hydrogen (secondary N) is 1. The summed E-state index contributed by atoms with van der Waals surface area (Å²) in [6, 6.07) is 0. The van der Waals surface area contributed by atoms with E-state index in [1.165, 1.54) is 0 Å². The molecule has 0 aliphatic carbocycles. The topological polar surface area (TPSA) is 27.6 Å². The number of hydrazone groups is 1. The maximum Gasteiger partial charge on any atom is 0.158 e. The van der Waals surface area contributed by atoms with Crippen LogP contribution < -0.4 is 5.32 Å². The molecule has 1 N–H and O–H groups in total. The van der Waals surface area contributed by atoms with Gasteiger partial charge in [0.2, 0.25) is 0 Å². The second-order valence-corrected chi connectivity index (χ2v) is 2.86. The van der Waals surface area contributed by atoms with Gasteiger partial charge in [-0.05, 0) is 0 Å². The average molecular weight is 170 g/mol. The summed E-state index contributed by atoms with van der Waals surface area (Å²) in [4.78, 5) is 0. The van der Waals surface area contributed by atoms with Crippen molar-refractivity contribution in [3.8, 4) is 0 Å². The fraction of sp³-hybridized carbons (Fsp3) is 0.286. The van der Waals surface area contributed by atoms with Crippen LogP contribution in [0.2, 0.25) is 0 Å². The van der Waals surface area contributed by atoms with Crippen molar-refractivity contribution in [2.45, 2.75) is 0 Å². The lowest BCUT2D eigenvalue weighted by Gasteiger charge is -2.16. The van der Waals surface area contributed by atoms with E-state index in [0.29, 0.717) is 5.17 Å². The highest BCUT2D eigenvalue weighted by Crippen LogP contribution is 2.21. The molecule has 0 atom stereocenters.